The fourth-order valence-electron chi connectivity index (χ4n) is 2.41. The van der Waals surface area contributed by atoms with Crippen molar-refractivity contribution in [3.63, 3.8) is 0 Å². The number of ether oxygens (including phenoxy) is 1. The fraction of sp³-hybridized carbons (Fsp3) is 0.727. The lowest BCUT2D eigenvalue weighted by Crippen LogP contribution is -2.22. The Morgan fingerprint density at radius 2 is 2.20 bits per heavy atom. The van der Waals surface area contributed by atoms with E-state index in [0.29, 0.717) is 5.92 Å². The Morgan fingerprint density at radius 3 is 2.73 bits per heavy atom. The smallest absolute Gasteiger partial charge is 0.309 e. The SMILES string of the molecule is O=C(OCCC(F)F)C1CC2C=CC1C2. The summed E-state index contributed by atoms with van der Waals surface area (Å²) < 4.78 is 28.5. The lowest BCUT2D eigenvalue weighted by molar-refractivity contribution is -0.150. The van der Waals surface area contributed by atoms with E-state index in [4.69, 9.17) is 4.74 Å². The maximum Gasteiger partial charge on any atom is 0.309 e. The number of alkyl halides is 2. The van der Waals surface area contributed by atoms with Crippen molar-refractivity contribution in [3.8, 4) is 0 Å². The van der Waals surface area contributed by atoms with Crippen LogP contribution >= 0.6 is 0 Å². The quantitative estimate of drug-likeness (QED) is 0.532. The Labute approximate surface area is 87.3 Å². The van der Waals surface area contributed by atoms with Crippen LogP contribution in [0.25, 0.3) is 0 Å². The fourth-order valence-corrected chi connectivity index (χ4v) is 2.41. The molecule has 4 heteroatoms. The van der Waals surface area contributed by atoms with Gasteiger partial charge >= 0.3 is 5.97 Å². The van der Waals surface area contributed by atoms with Gasteiger partial charge in [0.15, 0.2) is 0 Å². The zero-order chi connectivity index (χ0) is 10.8. The van der Waals surface area contributed by atoms with Crippen molar-refractivity contribution in [1.29, 1.82) is 0 Å². The molecule has 3 unspecified atom stereocenters. The van der Waals surface area contributed by atoms with Gasteiger partial charge in [-0.1, -0.05) is 12.2 Å². The molecule has 15 heavy (non-hydrogen) atoms. The molecule has 0 aromatic heterocycles. The molecule has 0 amide bonds. The first kappa shape index (κ1) is 10.6. The molecule has 0 aromatic carbocycles. The molecule has 2 aliphatic carbocycles. The lowest BCUT2D eigenvalue weighted by atomic mass is 9.94. The predicted octanol–water partition coefficient (Wildman–Crippen LogP) is 2.40. The third-order valence-electron chi connectivity index (χ3n) is 3.16. The maximum absolute atomic E-state index is 11.8. The molecule has 0 aliphatic heterocycles. The van der Waals surface area contributed by atoms with Crippen molar-refractivity contribution in [3.05, 3.63) is 12.2 Å². The molecule has 0 heterocycles. The first-order valence-corrected chi connectivity index (χ1v) is 5.30. The third kappa shape index (κ3) is 2.36. The van der Waals surface area contributed by atoms with E-state index >= 15 is 0 Å². The average molecular weight is 216 g/mol. The van der Waals surface area contributed by atoms with E-state index in [-0.39, 0.29) is 30.8 Å². The van der Waals surface area contributed by atoms with Crippen LogP contribution in [0.2, 0.25) is 0 Å². The Hall–Kier alpha value is -0.930. The van der Waals surface area contributed by atoms with Crippen molar-refractivity contribution in [2.45, 2.75) is 25.7 Å². The second-order valence-corrected chi connectivity index (χ2v) is 4.23. The van der Waals surface area contributed by atoms with Crippen LogP contribution in [-0.4, -0.2) is 19.0 Å². The van der Waals surface area contributed by atoms with E-state index in [1.807, 2.05) is 6.08 Å². The minimum Gasteiger partial charge on any atom is -0.465 e. The first-order chi connectivity index (χ1) is 7.16. The van der Waals surface area contributed by atoms with Gasteiger partial charge in [0, 0.05) is 6.42 Å². The molecular weight excluding hydrogens is 202 g/mol. The van der Waals surface area contributed by atoms with Crippen molar-refractivity contribution >= 4 is 5.97 Å². The Kier molecular flexibility index (Phi) is 3.03. The number of fused-ring (bicyclic) bond motifs is 2. The van der Waals surface area contributed by atoms with Gasteiger partial charge in [0.05, 0.1) is 12.5 Å². The lowest BCUT2D eigenvalue weighted by Gasteiger charge is -2.16. The number of hydrogen-bond donors (Lipinski definition) is 0. The van der Waals surface area contributed by atoms with Crippen molar-refractivity contribution in [2.75, 3.05) is 6.61 Å². The second kappa shape index (κ2) is 4.29. The van der Waals surface area contributed by atoms with E-state index < -0.39 is 6.43 Å². The predicted molar refractivity (Wildman–Crippen MR) is 50.4 cm³/mol. The monoisotopic (exact) mass is 216 g/mol. The number of hydrogen-bond acceptors (Lipinski definition) is 2. The van der Waals surface area contributed by atoms with Crippen LogP contribution in [0.4, 0.5) is 8.78 Å². The normalized spacial score (nSPS) is 32.6. The molecule has 2 nitrogen and oxygen atoms in total. The van der Waals surface area contributed by atoms with Crippen LogP contribution in [0.3, 0.4) is 0 Å². The highest BCUT2D eigenvalue weighted by Crippen LogP contribution is 2.43. The summed E-state index contributed by atoms with van der Waals surface area (Å²) >= 11 is 0. The van der Waals surface area contributed by atoms with Crippen LogP contribution in [0, 0.1) is 17.8 Å². The van der Waals surface area contributed by atoms with Gasteiger partial charge in [0.25, 0.3) is 0 Å². The van der Waals surface area contributed by atoms with Crippen LogP contribution < -0.4 is 0 Å². The molecular formula is C11H14F2O2. The average Bonchev–Trinajstić information content (AvgIpc) is 2.77. The van der Waals surface area contributed by atoms with Crippen molar-refractivity contribution in [1.82, 2.24) is 0 Å². The summed E-state index contributed by atoms with van der Waals surface area (Å²) in [6.45, 7) is -0.159. The summed E-state index contributed by atoms with van der Waals surface area (Å²) in [5.74, 6) is 0.405. The molecule has 1 saturated carbocycles. The minimum absolute atomic E-state index is 0.0855. The van der Waals surface area contributed by atoms with Crippen LogP contribution in [0.15, 0.2) is 12.2 Å². The zero-order valence-corrected chi connectivity index (χ0v) is 8.36. The van der Waals surface area contributed by atoms with Gasteiger partial charge in [-0.3, -0.25) is 4.79 Å². The van der Waals surface area contributed by atoms with Gasteiger partial charge in [-0.2, -0.15) is 0 Å². The number of esters is 1. The standard InChI is InChI=1S/C11H14F2O2/c12-10(13)3-4-15-11(14)9-6-7-1-2-8(9)5-7/h1-2,7-10H,3-6H2. The Morgan fingerprint density at radius 1 is 1.40 bits per heavy atom. The summed E-state index contributed by atoms with van der Waals surface area (Å²) in [5.41, 5.74) is 0. The van der Waals surface area contributed by atoms with E-state index in [0.717, 1.165) is 12.8 Å². The summed E-state index contributed by atoms with van der Waals surface area (Å²) in [6, 6.07) is 0. The Balaban J connectivity index is 1.75. The Bertz CT molecular complexity index is 276. The summed E-state index contributed by atoms with van der Waals surface area (Å²) in [5, 5.41) is 0. The summed E-state index contributed by atoms with van der Waals surface area (Å²) in [4.78, 5) is 11.5. The zero-order valence-electron chi connectivity index (χ0n) is 8.36. The van der Waals surface area contributed by atoms with Gasteiger partial charge in [-0.05, 0) is 24.7 Å². The largest absolute Gasteiger partial charge is 0.465 e. The summed E-state index contributed by atoms with van der Waals surface area (Å²) in [6.07, 6.45) is 3.28. The van der Waals surface area contributed by atoms with Gasteiger partial charge in [0.1, 0.15) is 0 Å². The number of rotatable bonds is 4. The third-order valence-corrected chi connectivity index (χ3v) is 3.16. The van der Waals surface area contributed by atoms with Crippen LogP contribution in [-0.2, 0) is 9.53 Å². The molecule has 2 aliphatic rings. The van der Waals surface area contributed by atoms with E-state index in [9.17, 15) is 13.6 Å². The molecule has 0 saturated heterocycles. The molecule has 2 rings (SSSR count). The molecule has 0 radical (unpaired) electrons. The molecule has 2 bridgehead atoms. The molecule has 84 valence electrons. The number of carbonyl (C=O) groups excluding carboxylic acids is 1. The van der Waals surface area contributed by atoms with Gasteiger partial charge < -0.3 is 4.74 Å². The molecule has 0 N–H and O–H groups in total. The van der Waals surface area contributed by atoms with Gasteiger partial charge in [0.2, 0.25) is 6.43 Å². The highest BCUT2D eigenvalue weighted by Gasteiger charge is 2.40. The number of halogens is 2. The molecule has 0 spiro atoms. The van der Waals surface area contributed by atoms with Crippen LogP contribution in [0.5, 0.6) is 0 Å². The summed E-state index contributed by atoms with van der Waals surface area (Å²) in [7, 11) is 0. The van der Waals surface area contributed by atoms with E-state index in [1.165, 1.54) is 0 Å². The highest BCUT2D eigenvalue weighted by molar-refractivity contribution is 5.74. The highest BCUT2D eigenvalue weighted by atomic mass is 19.3. The first-order valence-electron chi connectivity index (χ1n) is 5.30. The molecule has 0 aromatic rings. The number of allylic oxidation sites excluding steroid dienone is 2. The molecule has 3 atom stereocenters. The van der Waals surface area contributed by atoms with Gasteiger partial charge in [-0.25, -0.2) is 8.78 Å². The number of carbonyl (C=O) groups is 1. The van der Waals surface area contributed by atoms with Gasteiger partial charge in [-0.15, -0.1) is 0 Å². The topological polar surface area (TPSA) is 26.3 Å². The minimum atomic E-state index is -2.39. The maximum atomic E-state index is 11.8. The second-order valence-electron chi connectivity index (χ2n) is 4.23. The molecule has 1 fully saturated rings. The van der Waals surface area contributed by atoms with Crippen molar-refractivity contribution < 1.29 is 18.3 Å². The van der Waals surface area contributed by atoms with E-state index in [1.54, 1.807) is 0 Å². The van der Waals surface area contributed by atoms with Crippen molar-refractivity contribution in [2.24, 2.45) is 17.8 Å². The van der Waals surface area contributed by atoms with Crippen LogP contribution in [0.1, 0.15) is 19.3 Å². The van der Waals surface area contributed by atoms with E-state index in [2.05, 4.69) is 6.08 Å².